The van der Waals surface area contributed by atoms with Crippen LogP contribution < -0.4 is 5.73 Å². The van der Waals surface area contributed by atoms with Crippen molar-refractivity contribution in [3.05, 3.63) is 0 Å². The topological polar surface area (TPSA) is 29.3 Å². The van der Waals surface area contributed by atoms with Crippen LogP contribution in [0.1, 0.15) is 25.7 Å². The Morgan fingerprint density at radius 1 is 1.27 bits per heavy atom. The molecular formula is C8H14N2S. The van der Waals surface area contributed by atoms with Gasteiger partial charge in [-0.25, -0.2) is 0 Å². The fraction of sp³-hybridized carbons (Fsp3) is 0.875. The smallest absolute Gasteiger partial charge is 0.166 e. The van der Waals surface area contributed by atoms with Gasteiger partial charge >= 0.3 is 0 Å². The van der Waals surface area contributed by atoms with Gasteiger partial charge in [0, 0.05) is 12.6 Å². The normalized spacial score (nSPS) is 35.8. The summed E-state index contributed by atoms with van der Waals surface area (Å²) in [5.74, 6) is 0.876. The van der Waals surface area contributed by atoms with Crippen LogP contribution in [0.5, 0.6) is 0 Å². The first kappa shape index (κ1) is 7.35. The molecule has 2 heterocycles. The summed E-state index contributed by atoms with van der Waals surface area (Å²) in [7, 11) is 0. The largest absolute Gasteiger partial charge is 0.376 e. The molecule has 62 valence electrons. The van der Waals surface area contributed by atoms with Crippen LogP contribution in [0.15, 0.2) is 0 Å². The van der Waals surface area contributed by atoms with Gasteiger partial charge in [-0.05, 0) is 43.8 Å². The van der Waals surface area contributed by atoms with Gasteiger partial charge in [-0.3, -0.25) is 0 Å². The molecule has 0 radical (unpaired) electrons. The summed E-state index contributed by atoms with van der Waals surface area (Å²) in [4.78, 5) is 2.22. The molecule has 11 heavy (non-hydrogen) atoms. The Bertz CT molecular complexity index is 173. The first-order valence-electron chi connectivity index (χ1n) is 4.33. The van der Waals surface area contributed by atoms with E-state index in [2.05, 4.69) is 4.90 Å². The van der Waals surface area contributed by atoms with Gasteiger partial charge < -0.3 is 10.6 Å². The predicted molar refractivity (Wildman–Crippen MR) is 49.2 cm³/mol. The standard InChI is InChI=1S/C8H14N2S/c9-8(11)10-5-6-1-3-7(10)4-2-6/h6-7H,1-5H2,(H2,9,11). The molecule has 3 heteroatoms. The Labute approximate surface area is 72.7 Å². The van der Waals surface area contributed by atoms with Crippen LogP contribution in [-0.4, -0.2) is 22.6 Å². The van der Waals surface area contributed by atoms with Gasteiger partial charge in [-0.2, -0.15) is 0 Å². The van der Waals surface area contributed by atoms with E-state index in [1.165, 1.54) is 25.7 Å². The van der Waals surface area contributed by atoms with Crippen LogP contribution in [0.4, 0.5) is 0 Å². The number of thiocarbonyl (C=S) groups is 1. The summed E-state index contributed by atoms with van der Waals surface area (Å²) in [6, 6.07) is 0.678. The molecule has 0 aromatic rings. The monoisotopic (exact) mass is 170 g/mol. The maximum atomic E-state index is 5.61. The lowest BCUT2D eigenvalue weighted by molar-refractivity contribution is 0.111. The minimum Gasteiger partial charge on any atom is -0.376 e. The predicted octanol–water partition coefficient (Wildman–Crippen LogP) is 1.10. The summed E-state index contributed by atoms with van der Waals surface area (Å²) < 4.78 is 0. The van der Waals surface area contributed by atoms with Gasteiger partial charge in [0.05, 0.1) is 0 Å². The Kier molecular flexibility index (Phi) is 1.75. The Balaban J connectivity index is 2.08. The molecule has 0 aromatic carbocycles. The second-order valence-corrected chi connectivity index (χ2v) is 4.08. The maximum absolute atomic E-state index is 5.61. The van der Waals surface area contributed by atoms with Crippen LogP contribution in [0.25, 0.3) is 0 Å². The second-order valence-electron chi connectivity index (χ2n) is 3.67. The van der Waals surface area contributed by atoms with Gasteiger partial charge in [0.15, 0.2) is 5.11 Å². The van der Waals surface area contributed by atoms with Crippen molar-refractivity contribution < 1.29 is 0 Å². The summed E-state index contributed by atoms with van der Waals surface area (Å²) in [5, 5.41) is 0.611. The van der Waals surface area contributed by atoms with Crippen LogP contribution in [0.3, 0.4) is 0 Å². The molecule has 2 saturated heterocycles. The number of nitrogens with zero attached hydrogens (tertiary/aromatic N) is 1. The Morgan fingerprint density at radius 2 is 1.91 bits per heavy atom. The van der Waals surface area contributed by atoms with Crippen molar-refractivity contribution in [1.82, 2.24) is 4.90 Å². The van der Waals surface area contributed by atoms with Crippen molar-refractivity contribution in [2.24, 2.45) is 11.7 Å². The molecule has 1 saturated carbocycles. The molecule has 2 N–H and O–H groups in total. The lowest BCUT2D eigenvalue weighted by atomic mass is 9.80. The summed E-state index contributed by atoms with van der Waals surface area (Å²) in [6.45, 7) is 1.12. The number of fused-ring (bicyclic) bond motifs is 3. The van der Waals surface area contributed by atoms with Crippen molar-refractivity contribution >= 4 is 17.3 Å². The van der Waals surface area contributed by atoms with Crippen molar-refractivity contribution in [3.63, 3.8) is 0 Å². The molecule has 2 bridgehead atoms. The van der Waals surface area contributed by atoms with E-state index in [0.29, 0.717) is 11.2 Å². The number of hydrogen-bond donors (Lipinski definition) is 1. The number of piperidine rings is 2. The van der Waals surface area contributed by atoms with E-state index in [0.717, 1.165) is 12.5 Å². The number of nitrogens with two attached hydrogens (primary N) is 1. The Morgan fingerprint density at radius 3 is 2.18 bits per heavy atom. The zero-order valence-corrected chi connectivity index (χ0v) is 7.44. The SMILES string of the molecule is NC(=S)N1CC2CCC1CC2. The molecule has 1 aliphatic carbocycles. The van der Waals surface area contributed by atoms with Crippen LogP contribution in [0.2, 0.25) is 0 Å². The average Bonchev–Trinajstić information content (AvgIpc) is 2.06. The highest BCUT2D eigenvalue weighted by Crippen LogP contribution is 2.34. The van der Waals surface area contributed by atoms with Gasteiger partial charge in [0.1, 0.15) is 0 Å². The highest BCUT2D eigenvalue weighted by Gasteiger charge is 2.33. The van der Waals surface area contributed by atoms with E-state index < -0.39 is 0 Å². The zero-order valence-electron chi connectivity index (χ0n) is 6.62. The third-order valence-electron chi connectivity index (χ3n) is 3.00. The fourth-order valence-corrected chi connectivity index (χ4v) is 2.56. The minimum absolute atomic E-state index is 0.611. The third-order valence-corrected chi connectivity index (χ3v) is 3.23. The average molecular weight is 170 g/mol. The van der Waals surface area contributed by atoms with E-state index in [1.54, 1.807) is 0 Å². The first-order valence-corrected chi connectivity index (χ1v) is 4.74. The maximum Gasteiger partial charge on any atom is 0.166 e. The Hall–Kier alpha value is -0.310. The molecule has 0 aromatic heterocycles. The van der Waals surface area contributed by atoms with Gasteiger partial charge in [0.2, 0.25) is 0 Å². The van der Waals surface area contributed by atoms with Gasteiger partial charge in [-0.1, -0.05) is 0 Å². The van der Waals surface area contributed by atoms with E-state index in [9.17, 15) is 0 Å². The van der Waals surface area contributed by atoms with Crippen molar-refractivity contribution in [1.29, 1.82) is 0 Å². The summed E-state index contributed by atoms with van der Waals surface area (Å²) in [5.41, 5.74) is 5.61. The van der Waals surface area contributed by atoms with Gasteiger partial charge in [0.25, 0.3) is 0 Å². The molecule has 3 aliphatic rings. The molecule has 2 aliphatic heterocycles. The van der Waals surface area contributed by atoms with Crippen LogP contribution in [0, 0.1) is 5.92 Å². The van der Waals surface area contributed by atoms with E-state index >= 15 is 0 Å². The van der Waals surface area contributed by atoms with Crippen LogP contribution in [-0.2, 0) is 0 Å². The quantitative estimate of drug-likeness (QED) is 0.552. The third kappa shape index (κ3) is 1.22. The summed E-state index contributed by atoms with van der Waals surface area (Å²) in [6.07, 6.45) is 5.40. The zero-order chi connectivity index (χ0) is 7.84. The lowest BCUT2D eigenvalue weighted by Gasteiger charge is -2.45. The molecule has 0 amide bonds. The number of rotatable bonds is 0. The van der Waals surface area contributed by atoms with Crippen LogP contribution >= 0.6 is 12.2 Å². The fourth-order valence-electron chi connectivity index (χ4n) is 2.34. The lowest BCUT2D eigenvalue weighted by Crippen LogP contribution is -2.52. The minimum atomic E-state index is 0.611. The molecule has 0 spiro atoms. The first-order chi connectivity index (χ1) is 5.27. The second kappa shape index (κ2) is 2.63. The summed E-state index contributed by atoms with van der Waals surface area (Å²) >= 11 is 4.98. The molecule has 0 atom stereocenters. The van der Waals surface area contributed by atoms with Crippen molar-refractivity contribution in [2.45, 2.75) is 31.7 Å². The number of hydrogen-bond acceptors (Lipinski definition) is 1. The van der Waals surface area contributed by atoms with E-state index in [-0.39, 0.29) is 0 Å². The highest BCUT2D eigenvalue weighted by atomic mass is 32.1. The molecule has 3 rings (SSSR count). The molecular weight excluding hydrogens is 156 g/mol. The molecule has 0 unspecified atom stereocenters. The van der Waals surface area contributed by atoms with E-state index in [1.807, 2.05) is 0 Å². The molecule has 3 fully saturated rings. The van der Waals surface area contributed by atoms with E-state index in [4.69, 9.17) is 18.0 Å². The highest BCUT2D eigenvalue weighted by molar-refractivity contribution is 7.80. The van der Waals surface area contributed by atoms with Crippen molar-refractivity contribution in [2.75, 3.05) is 6.54 Å². The van der Waals surface area contributed by atoms with Gasteiger partial charge in [-0.15, -0.1) is 0 Å². The van der Waals surface area contributed by atoms with Crippen molar-refractivity contribution in [3.8, 4) is 0 Å². The molecule has 2 nitrogen and oxygen atoms in total.